The first-order valence-electron chi connectivity index (χ1n) is 10.2. The summed E-state index contributed by atoms with van der Waals surface area (Å²) < 4.78 is 56.0. The lowest BCUT2D eigenvalue weighted by atomic mass is 10.0. The van der Waals surface area contributed by atoms with Gasteiger partial charge in [0.2, 0.25) is 0 Å². The largest absolute Gasteiger partial charge is 0.416 e. The molecule has 10 heteroatoms. The van der Waals surface area contributed by atoms with Crippen LogP contribution in [0.5, 0.6) is 0 Å². The number of benzene rings is 2. The number of nitrogens with two attached hydrogens (primary N) is 1. The van der Waals surface area contributed by atoms with E-state index in [1.165, 1.54) is 36.6 Å². The monoisotopic (exact) mass is 457 g/mol. The minimum Gasteiger partial charge on any atom is -0.382 e. The summed E-state index contributed by atoms with van der Waals surface area (Å²) in [6, 6.07) is 5.64. The van der Waals surface area contributed by atoms with Crippen molar-refractivity contribution in [3.63, 3.8) is 0 Å². The first kappa shape index (κ1) is 21.2. The molecule has 0 radical (unpaired) electrons. The van der Waals surface area contributed by atoms with Crippen LogP contribution < -0.4 is 5.73 Å². The van der Waals surface area contributed by atoms with E-state index >= 15 is 0 Å². The molecule has 1 aliphatic rings. The van der Waals surface area contributed by atoms with E-state index in [-0.39, 0.29) is 22.8 Å². The first-order valence-corrected chi connectivity index (χ1v) is 10.2. The van der Waals surface area contributed by atoms with Gasteiger partial charge in [0.15, 0.2) is 0 Å². The third kappa shape index (κ3) is 3.28. The fraction of sp³-hybridized carbons (Fsp3) is 0.261. The lowest BCUT2D eigenvalue weighted by Crippen LogP contribution is -2.31. The van der Waals surface area contributed by atoms with Gasteiger partial charge in [-0.1, -0.05) is 13.0 Å². The van der Waals surface area contributed by atoms with Gasteiger partial charge < -0.3 is 10.6 Å². The standard InChI is InChI=1S/C23H19F4N5O/c1-11-5-18(13-4-3-12(6-14(11)13)23(25,26)27)31(2)22(33)15-7-19-17(8-16(15)24)30-21(28)20-9-29-10-32(19)20/h3-4,6-11,18H,5H2,1-2H3,(H2,28,30). The number of hydrogen-bond acceptors (Lipinski definition) is 4. The predicted octanol–water partition coefficient (Wildman–Crippen LogP) is 4.94. The van der Waals surface area contributed by atoms with Crippen molar-refractivity contribution in [1.29, 1.82) is 0 Å². The first-order chi connectivity index (χ1) is 15.6. The second-order valence-corrected chi connectivity index (χ2v) is 8.38. The van der Waals surface area contributed by atoms with E-state index in [2.05, 4.69) is 9.97 Å². The van der Waals surface area contributed by atoms with Crippen LogP contribution in [-0.2, 0) is 6.18 Å². The Morgan fingerprint density at radius 3 is 2.67 bits per heavy atom. The summed E-state index contributed by atoms with van der Waals surface area (Å²) in [4.78, 5) is 22.9. The summed E-state index contributed by atoms with van der Waals surface area (Å²) in [5.74, 6) is -1.33. The number of anilines is 1. The van der Waals surface area contributed by atoms with Crippen LogP contribution in [0.2, 0.25) is 0 Å². The number of nitrogens with zero attached hydrogens (tertiary/aromatic N) is 4. The maximum atomic E-state index is 15.0. The number of fused-ring (bicyclic) bond motifs is 4. The lowest BCUT2D eigenvalue weighted by molar-refractivity contribution is -0.137. The molecule has 2 N–H and O–H groups in total. The number of imidazole rings is 1. The van der Waals surface area contributed by atoms with Gasteiger partial charge in [0.1, 0.15) is 17.2 Å². The number of carbonyl (C=O) groups is 1. The molecule has 0 saturated carbocycles. The average Bonchev–Trinajstić information content (AvgIpc) is 3.37. The number of aromatic nitrogens is 3. The minimum atomic E-state index is -4.45. The molecule has 0 aliphatic heterocycles. The van der Waals surface area contributed by atoms with Crippen LogP contribution in [0.1, 0.15) is 52.4 Å². The van der Waals surface area contributed by atoms with Gasteiger partial charge in [-0.15, -0.1) is 0 Å². The fourth-order valence-electron chi connectivity index (χ4n) is 4.63. The van der Waals surface area contributed by atoms with Crippen LogP contribution in [0, 0.1) is 5.82 Å². The molecule has 6 nitrogen and oxygen atoms in total. The van der Waals surface area contributed by atoms with E-state index in [0.29, 0.717) is 28.6 Å². The molecule has 0 spiro atoms. The summed E-state index contributed by atoms with van der Waals surface area (Å²) in [7, 11) is 1.53. The zero-order valence-corrected chi connectivity index (χ0v) is 17.7. The van der Waals surface area contributed by atoms with Gasteiger partial charge >= 0.3 is 6.18 Å². The van der Waals surface area contributed by atoms with Crippen molar-refractivity contribution < 1.29 is 22.4 Å². The predicted molar refractivity (Wildman–Crippen MR) is 114 cm³/mol. The van der Waals surface area contributed by atoms with Crippen molar-refractivity contribution >= 4 is 28.3 Å². The summed E-state index contributed by atoms with van der Waals surface area (Å²) >= 11 is 0. The zero-order valence-electron chi connectivity index (χ0n) is 17.7. The highest BCUT2D eigenvalue weighted by Crippen LogP contribution is 2.45. The van der Waals surface area contributed by atoms with Gasteiger partial charge in [0.05, 0.1) is 40.7 Å². The van der Waals surface area contributed by atoms with Crippen molar-refractivity contribution in [2.24, 2.45) is 0 Å². The average molecular weight is 457 g/mol. The molecule has 0 saturated heterocycles. The highest BCUT2D eigenvalue weighted by molar-refractivity contribution is 5.98. The van der Waals surface area contributed by atoms with Gasteiger partial charge in [0, 0.05) is 13.1 Å². The van der Waals surface area contributed by atoms with E-state index in [1.54, 1.807) is 4.40 Å². The zero-order chi connectivity index (χ0) is 23.7. The van der Waals surface area contributed by atoms with E-state index in [0.717, 1.165) is 18.2 Å². The van der Waals surface area contributed by atoms with Crippen molar-refractivity contribution in [3.05, 3.63) is 70.9 Å². The summed E-state index contributed by atoms with van der Waals surface area (Å²) in [5.41, 5.74) is 7.46. The molecule has 2 unspecified atom stereocenters. The van der Waals surface area contributed by atoms with Gasteiger partial charge in [0.25, 0.3) is 5.91 Å². The number of carbonyl (C=O) groups excluding carboxylic acids is 1. The van der Waals surface area contributed by atoms with Crippen molar-refractivity contribution in [2.45, 2.75) is 31.5 Å². The van der Waals surface area contributed by atoms with Gasteiger partial charge in [-0.3, -0.25) is 9.20 Å². The molecule has 2 atom stereocenters. The van der Waals surface area contributed by atoms with E-state index < -0.39 is 29.5 Å². The van der Waals surface area contributed by atoms with E-state index in [4.69, 9.17) is 5.73 Å². The Morgan fingerprint density at radius 2 is 1.94 bits per heavy atom. The molecule has 5 rings (SSSR count). The maximum Gasteiger partial charge on any atom is 0.416 e. The van der Waals surface area contributed by atoms with Crippen LogP contribution in [-0.4, -0.2) is 32.2 Å². The number of alkyl halides is 3. The molecule has 2 aromatic heterocycles. The minimum absolute atomic E-state index is 0.167. The Balaban J connectivity index is 1.54. The second-order valence-electron chi connectivity index (χ2n) is 8.38. The molecule has 1 amide bonds. The molecule has 0 fully saturated rings. The SMILES string of the molecule is CC1CC(N(C)C(=O)c2cc3c(cc2F)nc(N)c2cncn23)c2ccc(C(F)(F)F)cc21. The molecule has 2 aromatic carbocycles. The number of nitrogen functional groups attached to an aromatic ring is 1. The third-order valence-corrected chi connectivity index (χ3v) is 6.36. The molecule has 4 aromatic rings. The molecule has 1 aliphatic carbocycles. The molecular formula is C23H19F4N5O. The van der Waals surface area contributed by atoms with E-state index in [9.17, 15) is 22.4 Å². The summed E-state index contributed by atoms with van der Waals surface area (Å²) in [5, 5.41) is 0. The van der Waals surface area contributed by atoms with Crippen molar-refractivity contribution in [3.8, 4) is 0 Å². The Hall–Kier alpha value is -3.69. The number of amides is 1. The maximum absolute atomic E-state index is 15.0. The Bertz CT molecular complexity index is 1430. The highest BCUT2D eigenvalue weighted by Gasteiger charge is 2.37. The Kier molecular flexibility index (Phi) is 4.59. The third-order valence-electron chi connectivity index (χ3n) is 6.36. The van der Waals surface area contributed by atoms with Gasteiger partial charge in [-0.2, -0.15) is 13.2 Å². The van der Waals surface area contributed by atoms with Gasteiger partial charge in [-0.05, 0) is 41.7 Å². The van der Waals surface area contributed by atoms with Crippen molar-refractivity contribution in [2.75, 3.05) is 12.8 Å². The van der Waals surface area contributed by atoms with Crippen LogP contribution in [0.15, 0.2) is 42.9 Å². The second kappa shape index (κ2) is 7.16. The smallest absolute Gasteiger partial charge is 0.382 e. The van der Waals surface area contributed by atoms with Crippen LogP contribution >= 0.6 is 0 Å². The molecule has 0 bridgehead atoms. The van der Waals surface area contributed by atoms with Gasteiger partial charge in [-0.25, -0.2) is 14.4 Å². The molecular weight excluding hydrogens is 438 g/mol. The summed E-state index contributed by atoms with van der Waals surface area (Å²) in [6.45, 7) is 1.82. The number of halogens is 4. The van der Waals surface area contributed by atoms with Crippen molar-refractivity contribution in [1.82, 2.24) is 19.3 Å². The fourth-order valence-corrected chi connectivity index (χ4v) is 4.63. The summed E-state index contributed by atoms with van der Waals surface area (Å²) in [6.07, 6.45) is -0.986. The molecule has 170 valence electrons. The van der Waals surface area contributed by atoms with Crippen LogP contribution in [0.4, 0.5) is 23.4 Å². The van der Waals surface area contributed by atoms with Crippen LogP contribution in [0.25, 0.3) is 16.6 Å². The Morgan fingerprint density at radius 1 is 1.18 bits per heavy atom. The lowest BCUT2D eigenvalue weighted by Gasteiger charge is -2.26. The van der Waals surface area contributed by atoms with Crippen LogP contribution in [0.3, 0.4) is 0 Å². The number of hydrogen-bond donors (Lipinski definition) is 1. The number of rotatable bonds is 2. The quantitative estimate of drug-likeness (QED) is 0.433. The normalized spacial score (nSPS) is 18.1. The highest BCUT2D eigenvalue weighted by atomic mass is 19.4. The molecule has 2 heterocycles. The van der Waals surface area contributed by atoms with E-state index in [1.807, 2.05) is 6.92 Å². The molecule has 33 heavy (non-hydrogen) atoms. The topological polar surface area (TPSA) is 76.5 Å². The Labute approximate surface area is 185 Å².